The van der Waals surface area contributed by atoms with Gasteiger partial charge in [0.2, 0.25) is 11.8 Å². The fraction of sp³-hybridized carbons (Fsp3) is 0.375. The minimum absolute atomic E-state index is 0.0134. The summed E-state index contributed by atoms with van der Waals surface area (Å²) < 4.78 is 0. The van der Waals surface area contributed by atoms with E-state index in [1.165, 1.54) is 0 Å². The fourth-order valence-corrected chi connectivity index (χ4v) is 4.78. The molecule has 3 atom stereocenters. The molecule has 1 aliphatic carbocycles. The van der Waals surface area contributed by atoms with E-state index in [-0.39, 0.29) is 23.9 Å². The van der Waals surface area contributed by atoms with Gasteiger partial charge in [-0.15, -0.1) is 0 Å². The highest BCUT2D eigenvalue weighted by Crippen LogP contribution is 2.50. The third kappa shape index (κ3) is 3.41. The lowest BCUT2D eigenvalue weighted by molar-refractivity contribution is -0.117. The molecule has 2 aromatic rings. The molecule has 2 amide bonds. The molecule has 0 radical (unpaired) electrons. The van der Waals surface area contributed by atoms with Crippen LogP contribution in [0, 0.1) is 30.1 Å². The molecular weight excluding hydrogens is 376 g/mol. The number of nitrogens with one attached hydrogen (secondary N) is 1. The lowest BCUT2D eigenvalue weighted by Crippen LogP contribution is -2.51. The first-order chi connectivity index (χ1) is 14.3. The standard InChI is InChI=1S/C24H26N4O2/c1-13-10-19(8-6-18(13)12-25)27-22-14(2)23(16-4-5-16)28(15(3)29)21-9-7-17(24(26)30)11-20(21)22/h6-11,14,16,22-23,27H,4-5H2,1-3H3,(H2,26,30)/t14-,22-,23-/m1/s1. The van der Waals surface area contributed by atoms with Crippen LogP contribution < -0.4 is 16.0 Å². The van der Waals surface area contributed by atoms with Crippen molar-refractivity contribution in [2.45, 2.75) is 45.7 Å². The third-order valence-corrected chi connectivity index (χ3v) is 6.38. The highest BCUT2D eigenvalue weighted by molar-refractivity contribution is 5.97. The van der Waals surface area contributed by atoms with Gasteiger partial charge in [0, 0.05) is 35.8 Å². The lowest BCUT2D eigenvalue weighted by Gasteiger charge is -2.46. The quantitative estimate of drug-likeness (QED) is 0.810. The van der Waals surface area contributed by atoms with Gasteiger partial charge < -0.3 is 16.0 Å². The smallest absolute Gasteiger partial charge is 0.248 e. The van der Waals surface area contributed by atoms with Crippen LogP contribution in [0.2, 0.25) is 0 Å². The molecule has 1 aliphatic heterocycles. The first-order valence-electron chi connectivity index (χ1n) is 10.3. The lowest BCUT2D eigenvalue weighted by atomic mass is 9.79. The van der Waals surface area contributed by atoms with Gasteiger partial charge in [-0.1, -0.05) is 6.92 Å². The molecule has 0 unspecified atom stereocenters. The number of hydrogen-bond acceptors (Lipinski definition) is 4. The predicted molar refractivity (Wildman–Crippen MR) is 116 cm³/mol. The van der Waals surface area contributed by atoms with Crippen LogP contribution in [0.1, 0.15) is 59.8 Å². The summed E-state index contributed by atoms with van der Waals surface area (Å²) in [5.41, 5.74) is 10.2. The molecule has 2 aliphatic rings. The van der Waals surface area contributed by atoms with Crippen LogP contribution in [0.3, 0.4) is 0 Å². The number of nitrogens with zero attached hydrogens (tertiary/aromatic N) is 2. The molecule has 0 spiro atoms. The molecule has 154 valence electrons. The van der Waals surface area contributed by atoms with Crippen molar-refractivity contribution < 1.29 is 9.59 Å². The topological polar surface area (TPSA) is 99.2 Å². The highest BCUT2D eigenvalue weighted by atomic mass is 16.2. The Kier molecular flexibility index (Phi) is 4.98. The molecule has 0 bridgehead atoms. The van der Waals surface area contributed by atoms with E-state index in [9.17, 15) is 14.9 Å². The number of fused-ring (bicyclic) bond motifs is 1. The summed E-state index contributed by atoms with van der Waals surface area (Å²) in [4.78, 5) is 26.4. The summed E-state index contributed by atoms with van der Waals surface area (Å²) in [6.45, 7) is 5.68. The molecule has 0 saturated heterocycles. The monoisotopic (exact) mass is 402 g/mol. The normalized spacial score (nSPS) is 22.7. The number of primary amides is 1. The second-order valence-electron chi connectivity index (χ2n) is 8.48. The number of carbonyl (C=O) groups is 2. The Balaban J connectivity index is 1.82. The van der Waals surface area contributed by atoms with Gasteiger partial charge in [0.15, 0.2) is 0 Å². The van der Waals surface area contributed by atoms with Crippen LogP contribution in [-0.4, -0.2) is 17.9 Å². The molecule has 4 rings (SSSR count). The SMILES string of the molecule is CC(=O)N1c2ccc(C(N)=O)cc2[C@H](Nc2ccc(C#N)c(C)c2)[C@@H](C)[C@@H]1C1CC1. The summed E-state index contributed by atoms with van der Waals surface area (Å²) in [5.74, 6) is 0.143. The number of anilines is 2. The Hall–Kier alpha value is -3.33. The average molecular weight is 402 g/mol. The molecule has 30 heavy (non-hydrogen) atoms. The van der Waals surface area contributed by atoms with Crippen LogP contribution in [0.25, 0.3) is 0 Å². The van der Waals surface area contributed by atoms with Crippen molar-refractivity contribution in [2.24, 2.45) is 17.6 Å². The largest absolute Gasteiger partial charge is 0.378 e. The maximum atomic E-state index is 12.6. The first-order valence-corrected chi connectivity index (χ1v) is 10.3. The van der Waals surface area contributed by atoms with Crippen molar-refractivity contribution in [3.05, 3.63) is 58.7 Å². The van der Waals surface area contributed by atoms with Gasteiger partial charge in [0.05, 0.1) is 17.7 Å². The van der Waals surface area contributed by atoms with Crippen molar-refractivity contribution in [3.8, 4) is 6.07 Å². The van der Waals surface area contributed by atoms with Crippen molar-refractivity contribution in [1.29, 1.82) is 5.26 Å². The van der Waals surface area contributed by atoms with Crippen LogP contribution in [0.15, 0.2) is 36.4 Å². The van der Waals surface area contributed by atoms with Gasteiger partial charge in [0.1, 0.15) is 0 Å². The number of amides is 2. The molecule has 3 N–H and O–H groups in total. The zero-order chi connectivity index (χ0) is 21.6. The molecule has 6 heteroatoms. The van der Waals surface area contributed by atoms with Crippen LogP contribution in [0.4, 0.5) is 11.4 Å². The van der Waals surface area contributed by atoms with Crippen molar-refractivity contribution in [1.82, 2.24) is 0 Å². The van der Waals surface area contributed by atoms with Crippen LogP contribution in [0.5, 0.6) is 0 Å². The van der Waals surface area contributed by atoms with Gasteiger partial charge in [-0.3, -0.25) is 9.59 Å². The van der Waals surface area contributed by atoms with Gasteiger partial charge in [-0.25, -0.2) is 0 Å². The van der Waals surface area contributed by atoms with Gasteiger partial charge >= 0.3 is 0 Å². The van der Waals surface area contributed by atoms with E-state index >= 15 is 0 Å². The fourth-order valence-electron chi connectivity index (χ4n) is 4.78. The third-order valence-electron chi connectivity index (χ3n) is 6.38. The number of aryl methyl sites for hydroxylation is 1. The van der Waals surface area contributed by atoms with E-state index < -0.39 is 5.91 Å². The molecule has 2 aromatic carbocycles. The van der Waals surface area contributed by atoms with Crippen molar-refractivity contribution in [3.63, 3.8) is 0 Å². The molecule has 1 fully saturated rings. The highest BCUT2D eigenvalue weighted by Gasteiger charge is 2.47. The van der Waals surface area contributed by atoms with E-state index in [0.717, 1.165) is 35.3 Å². The van der Waals surface area contributed by atoms with Crippen LogP contribution in [-0.2, 0) is 4.79 Å². The molecular formula is C24H26N4O2. The molecule has 0 aromatic heterocycles. The zero-order valence-corrected chi connectivity index (χ0v) is 17.5. The summed E-state index contributed by atoms with van der Waals surface area (Å²) in [6.07, 6.45) is 2.24. The number of carbonyl (C=O) groups excluding carboxylic acids is 2. The van der Waals surface area contributed by atoms with E-state index in [2.05, 4.69) is 18.3 Å². The number of hydrogen-bond donors (Lipinski definition) is 2. The van der Waals surface area contributed by atoms with Gasteiger partial charge in [-0.05, 0) is 73.2 Å². The average Bonchev–Trinajstić information content (AvgIpc) is 3.54. The minimum Gasteiger partial charge on any atom is -0.378 e. The van der Waals surface area contributed by atoms with Gasteiger partial charge in [0.25, 0.3) is 0 Å². The molecule has 6 nitrogen and oxygen atoms in total. The number of rotatable bonds is 4. The minimum atomic E-state index is -0.489. The Labute approximate surface area is 176 Å². The molecule has 1 heterocycles. The van der Waals surface area contributed by atoms with E-state index in [0.29, 0.717) is 17.0 Å². The first kappa shape index (κ1) is 20.0. The Morgan fingerprint density at radius 2 is 1.93 bits per heavy atom. The molecule has 1 saturated carbocycles. The van der Waals surface area contributed by atoms with Crippen molar-refractivity contribution in [2.75, 3.05) is 10.2 Å². The maximum absolute atomic E-state index is 12.6. The Bertz CT molecular complexity index is 1070. The summed E-state index contributed by atoms with van der Waals surface area (Å²) in [5, 5.41) is 12.8. The summed E-state index contributed by atoms with van der Waals surface area (Å²) >= 11 is 0. The Morgan fingerprint density at radius 1 is 1.20 bits per heavy atom. The second kappa shape index (κ2) is 7.49. The number of benzene rings is 2. The predicted octanol–water partition coefficient (Wildman–Crippen LogP) is 3.90. The van der Waals surface area contributed by atoms with Gasteiger partial charge in [-0.2, -0.15) is 5.26 Å². The number of nitrogens with two attached hydrogens (primary N) is 1. The zero-order valence-electron chi connectivity index (χ0n) is 17.5. The Morgan fingerprint density at radius 3 is 2.50 bits per heavy atom. The van der Waals surface area contributed by atoms with E-state index in [1.807, 2.05) is 36.1 Å². The van der Waals surface area contributed by atoms with E-state index in [4.69, 9.17) is 5.73 Å². The van der Waals surface area contributed by atoms with E-state index in [1.54, 1.807) is 19.1 Å². The summed E-state index contributed by atoms with van der Waals surface area (Å²) in [7, 11) is 0. The van der Waals surface area contributed by atoms with Crippen LogP contribution >= 0.6 is 0 Å². The summed E-state index contributed by atoms with van der Waals surface area (Å²) in [6, 6.07) is 13.2. The second-order valence-corrected chi connectivity index (χ2v) is 8.48. The maximum Gasteiger partial charge on any atom is 0.248 e. The number of nitriles is 1. The van der Waals surface area contributed by atoms with Crippen molar-refractivity contribution >= 4 is 23.2 Å².